The van der Waals surface area contributed by atoms with Crippen LogP contribution in [0.3, 0.4) is 0 Å². The summed E-state index contributed by atoms with van der Waals surface area (Å²) in [5.74, 6) is 1.41. The molecule has 0 saturated carbocycles. The lowest BCUT2D eigenvalue weighted by Gasteiger charge is -2.13. The Morgan fingerprint density at radius 1 is 1.32 bits per heavy atom. The summed E-state index contributed by atoms with van der Waals surface area (Å²) in [6.45, 7) is 0.775. The summed E-state index contributed by atoms with van der Waals surface area (Å²) in [6, 6.07) is 7.73. The number of thioether (sulfide) groups is 1. The summed E-state index contributed by atoms with van der Waals surface area (Å²) >= 11 is 1.50. The lowest BCUT2D eigenvalue weighted by atomic mass is 10.3. The number of methoxy groups -OCH3 is 1. The van der Waals surface area contributed by atoms with Gasteiger partial charge >= 0.3 is 0 Å². The minimum Gasteiger partial charge on any atom is -0.495 e. The number of benzene rings is 1. The maximum atomic E-state index is 5.79. The maximum Gasteiger partial charge on any atom is 0.191 e. The van der Waals surface area contributed by atoms with Crippen molar-refractivity contribution in [1.29, 1.82) is 0 Å². The zero-order valence-electron chi connectivity index (χ0n) is 14.1. The molecule has 1 saturated heterocycles. The lowest BCUT2D eigenvalue weighted by molar-refractivity contribution is 0.0592. The molecule has 0 bridgehead atoms. The Bertz CT molecular complexity index is 892. The number of para-hydroxylation sites is 2. The van der Waals surface area contributed by atoms with E-state index in [4.69, 9.17) is 9.47 Å². The smallest absolute Gasteiger partial charge is 0.191 e. The van der Waals surface area contributed by atoms with Crippen LogP contribution in [0.2, 0.25) is 0 Å². The summed E-state index contributed by atoms with van der Waals surface area (Å²) < 4.78 is 13.2. The van der Waals surface area contributed by atoms with Gasteiger partial charge in [-0.25, -0.2) is 15.0 Å². The molecule has 8 heteroatoms. The number of hydrogen-bond donors (Lipinski definition) is 1. The number of fused-ring (bicyclic) bond motifs is 1. The quantitative estimate of drug-likeness (QED) is 0.552. The van der Waals surface area contributed by atoms with E-state index < -0.39 is 0 Å². The SMILES string of the molecule is COc1ccccc1Nc1nc(SC)nc2c1ncn2C1CCCO1. The Morgan fingerprint density at radius 2 is 2.20 bits per heavy atom. The Morgan fingerprint density at radius 3 is 2.96 bits per heavy atom. The van der Waals surface area contributed by atoms with Crippen LogP contribution >= 0.6 is 11.8 Å². The number of nitrogens with one attached hydrogen (secondary N) is 1. The first-order chi connectivity index (χ1) is 12.3. The molecule has 130 valence electrons. The second-order valence-corrected chi connectivity index (χ2v) is 6.45. The van der Waals surface area contributed by atoms with Gasteiger partial charge in [0.1, 0.15) is 12.0 Å². The summed E-state index contributed by atoms with van der Waals surface area (Å²) in [5.41, 5.74) is 2.34. The third-order valence-corrected chi connectivity index (χ3v) is 4.71. The number of imidazole rings is 1. The average molecular weight is 357 g/mol. The fourth-order valence-corrected chi connectivity index (χ4v) is 3.30. The molecule has 25 heavy (non-hydrogen) atoms. The van der Waals surface area contributed by atoms with Crippen molar-refractivity contribution in [2.75, 3.05) is 25.3 Å². The van der Waals surface area contributed by atoms with Crippen molar-refractivity contribution in [3.05, 3.63) is 30.6 Å². The molecule has 1 aliphatic heterocycles. The summed E-state index contributed by atoms with van der Waals surface area (Å²) in [6.07, 6.45) is 5.76. The molecule has 3 heterocycles. The van der Waals surface area contributed by atoms with E-state index in [2.05, 4.69) is 20.3 Å². The highest BCUT2D eigenvalue weighted by Crippen LogP contribution is 2.32. The maximum absolute atomic E-state index is 5.79. The van der Waals surface area contributed by atoms with Gasteiger partial charge in [0.05, 0.1) is 19.1 Å². The third-order valence-electron chi connectivity index (χ3n) is 4.16. The lowest BCUT2D eigenvalue weighted by Crippen LogP contribution is -2.07. The van der Waals surface area contributed by atoms with Crippen LogP contribution in [0, 0.1) is 0 Å². The number of nitrogens with zero attached hydrogens (tertiary/aromatic N) is 4. The van der Waals surface area contributed by atoms with Crippen molar-refractivity contribution in [3.63, 3.8) is 0 Å². The van der Waals surface area contributed by atoms with Crippen LogP contribution in [0.5, 0.6) is 5.75 Å². The van der Waals surface area contributed by atoms with Crippen LogP contribution in [-0.2, 0) is 4.74 Å². The molecular weight excluding hydrogens is 338 g/mol. The molecule has 1 aliphatic rings. The van der Waals surface area contributed by atoms with Crippen molar-refractivity contribution in [2.45, 2.75) is 24.2 Å². The van der Waals surface area contributed by atoms with Crippen molar-refractivity contribution in [3.8, 4) is 5.75 Å². The van der Waals surface area contributed by atoms with Gasteiger partial charge in [-0.05, 0) is 31.2 Å². The number of ether oxygens (including phenoxy) is 2. The minimum atomic E-state index is -0.00582. The van der Waals surface area contributed by atoms with Gasteiger partial charge in [0.15, 0.2) is 22.1 Å². The van der Waals surface area contributed by atoms with Gasteiger partial charge in [0.2, 0.25) is 0 Å². The Kier molecular flexibility index (Phi) is 4.46. The highest BCUT2D eigenvalue weighted by molar-refractivity contribution is 7.98. The Balaban J connectivity index is 1.80. The first-order valence-electron chi connectivity index (χ1n) is 8.10. The molecule has 0 aliphatic carbocycles. The monoisotopic (exact) mass is 357 g/mol. The van der Waals surface area contributed by atoms with Crippen LogP contribution < -0.4 is 10.1 Å². The van der Waals surface area contributed by atoms with E-state index in [9.17, 15) is 0 Å². The van der Waals surface area contributed by atoms with Gasteiger partial charge < -0.3 is 14.8 Å². The van der Waals surface area contributed by atoms with Crippen LogP contribution in [0.4, 0.5) is 11.5 Å². The van der Waals surface area contributed by atoms with E-state index in [0.717, 1.165) is 42.0 Å². The number of hydrogen-bond acceptors (Lipinski definition) is 7. The molecular formula is C17H19N5O2S. The van der Waals surface area contributed by atoms with Gasteiger partial charge in [0, 0.05) is 6.61 Å². The topological polar surface area (TPSA) is 74.1 Å². The van der Waals surface area contributed by atoms with Crippen LogP contribution in [0.15, 0.2) is 35.7 Å². The number of aromatic nitrogens is 4. The standard InChI is InChI=1S/C17H19N5O2S/c1-23-12-7-4-3-6-11(12)19-15-14-16(21-17(20-15)25-2)22(10-18-14)13-8-5-9-24-13/h3-4,6-7,10,13H,5,8-9H2,1-2H3,(H,19,20,21). The fourth-order valence-electron chi connectivity index (χ4n) is 2.94. The molecule has 0 spiro atoms. The fraction of sp³-hybridized carbons (Fsp3) is 0.353. The molecule has 1 unspecified atom stereocenters. The van der Waals surface area contributed by atoms with Gasteiger partial charge in [0.25, 0.3) is 0 Å². The van der Waals surface area contributed by atoms with Crippen molar-refractivity contribution in [2.24, 2.45) is 0 Å². The van der Waals surface area contributed by atoms with E-state index in [1.807, 2.05) is 35.1 Å². The average Bonchev–Trinajstić information content (AvgIpc) is 3.31. The van der Waals surface area contributed by atoms with E-state index in [1.165, 1.54) is 11.8 Å². The molecule has 1 aromatic carbocycles. The zero-order valence-corrected chi connectivity index (χ0v) is 14.9. The van der Waals surface area contributed by atoms with Gasteiger partial charge in [-0.15, -0.1) is 0 Å². The van der Waals surface area contributed by atoms with Gasteiger partial charge in [-0.3, -0.25) is 4.57 Å². The molecule has 0 amide bonds. The van der Waals surface area contributed by atoms with E-state index >= 15 is 0 Å². The summed E-state index contributed by atoms with van der Waals surface area (Å²) in [5, 5.41) is 4.02. The molecule has 1 fully saturated rings. The summed E-state index contributed by atoms with van der Waals surface area (Å²) in [4.78, 5) is 13.8. The van der Waals surface area contributed by atoms with E-state index in [-0.39, 0.29) is 6.23 Å². The van der Waals surface area contributed by atoms with Crippen LogP contribution in [-0.4, -0.2) is 39.5 Å². The number of anilines is 2. The largest absolute Gasteiger partial charge is 0.495 e. The molecule has 0 radical (unpaired) electrons. The van der Waals surface area contributed by atoms with Crippen molar-refractivity contribution >= 4 is 34.4 Å². The third kappa shape index (κ3) is 3.03. The molecule has 3 aromatic rings. The predicted octanol–water partition coefficient (Wildman–Crippen LogP) is 3.61. The minimum absolute atomic E-state index is 0.00582. The van der Waals surface area contributed by atoms with Gasteiger partial charge in [-0.1, -0.05) is 23.9 Å². The van der Waals surface area contributed by atoms with E-state index in [0.29, 0.717) is 11.0 Å². The highest BCUT2D eigenvalue weighted by atomic mass is 32.2. The Labute approximate surface area is 149 Å². The zero-order chi connectivity index (χ0) is 17.2. The summed E-state index contributed by atoms with van der Waals surface area (Å²) in [7, 11) is 1.65. The number of rotatable bonds is 5. The van der Waals surface area contributed by atoms with Crippen molar-refractivity contribution < 1.29 is 9.47 Å². The predicted molar refractivity (Wildman–Crippen MR) is 97.6 cm³/mol. The van der Waals surface area contributed by atoms with E-state index in [1.54, 1.807) is 13.4 Å². The van der Waals surface area contributed by atoms with Gasteiger partial charge in [-0.2, -0.15) is 0 Å². The molecule has 1 N–H and O–H groups in total. The van der Waals surface area contributed by atoms with Crippen LogP contribution in [0.25, 0.3) is 11.2 Å². The van der Waals surface area contributed by atoms with Crippen molar-refractivity contribution in [1.82, 2.24) is 19.5 Å². The Hall–Kier alpha value is -2.32. The molecule has 4 rings (SSSR count). The second kappa shape index (κ2) is 6.89. The molecule has 1 atom stereocenters. The van der Waals surface area contributed by atoms with Crippen LogP contribution in [0.1, 0.15) is 19.1 Å². The molecule has 7 nitrogen and oxygen atoms in total. The highest BCUT2D eigenvalue weighted by Gasteiger charge is 2.22. The normalized spacial score (nSPS) is 17.1. The second-order valence-electron chi connectivity index (χ2n) is 5.68. The first-order valence-corrected chi connectivity index (χ1v) is 9.33. The first kappa shape index (κ1) is 16.2. The molecule has 2 aromatic heterocycles.